The minimum Gasteiger partial charge on any atom is -0.335 e. The Morgan fingerprint density at radius 3 is 2.60 bits per heavy atom. The fraction of sp³-hybridized carbons (Fsp3) is 0.933. The average Bonchev–Trinajstić information content (AvgIpc) is 2.64. The lowest BCUT2D eigenvalue weighted by Gasteiger charge is -2.32. The van der Waals surface area contributed by atoms with Gasteiger partial charge in [-0.15, -0.1) is 0 Å². The van der Waals surface area contributed by atoms with Gasteiger partial charge in [-0.1, -0.05) is 0 Å². The number of amides is 2. The molecule has 2 aliphatic rings. The number of hydrogen-bond acceptors (Lipinski definition) is 3. The molecule has 0 unspecified atom stereocenters. The van der Waals surface area contributed by atoms with Crippen LogP contribution >= 0.6 is 11.8 Å². The average molecular weight is 299 g/mol. The van der Waals surface area contributed by atoms with Crippen LogP contribution in [-0.2, 0) is 0 Å². The predicted molar refractivity (Wildman–Crippen MR) is 86.4 cm³/mol. The van der Waals surface area contributed by atoms with E-state index in [1.807, 2.05) is 4.90 Å². The molecule has 0 saturated carbocycles. The summed E-state index contributed by atoms with van der Waals surface area (Å²) in [6.07, 6.45) is 5.75. The van der Waals surface area contributed by atoms with E-state index in [4.69, 9.17) is 0 Å². The highest BCUT2D eigenvalue weighted by atomic mass is 32.2. The highest BCUT2D eigenvalue weighted by Crippen LogP contribution is 2.31. The van der Waals surface area contributed by atoms with E-state index in [0.717, 1.165) is 25.3 Å². The Hall–Kier alpha value is -0.420. The Morgan fingerprint density at radius 1 is 1.25 bits per heavy atom. The summed E-state index contributed by atoms with van der Waals surface area (Å²) in [5, 5.41) is 3.13. The zero-order valence-corrected chi connectivity index (χ0v) is 14.1. The SMILES string of the molecule is CSC[C@H](C)NC(=O)N1CC[C@H]2CC[C@@H](C1)N2C(C)C. The van der Waals surface area contributed by atoms with Crippen LogP contribution < -0.4 is 5.32 Å². The quantitative estimate of drug-likeness (QED) is 0.866. The van der Waals surface area contributed by atoms with Crippen molar-refractivity contribution in [3.63, 3.8) is 0 Å². The summed E-state index contributed by atoms with van der Waals surface area (Å²) in [5.74, 6) is 0.976. The van der Waals surface area contributed by atoms with Crippen molar-refractivity contribution in [1.82, 2.24) is 15.1 Å². The summed E-state index contributed by atoms with van der Waals surface area (Å²) >= 11 is 1.78. The monoisotopic (exact) mass is 299 g/mol. The van der Waals surface area contributed by atoms with E-state index in [1.165, 1.54) is 12.8 Å². The van der Waals surface area contributed by atoms with E-state index in [-0.39, 0.29) is 12.1 Å². The maximum atomic E-state index is 12.4. The second-order valence-electron chi connectivity index (χ2n) is 6.47. The molecule has 0 spiro atoms. The van der Waals surface area contributed by atoms with E-state index >= 15 is 0 Å². The molecule has 0 aromatic rings. The van der Waals surface area contributed by atoms with Crippen molar-refractivity contribution >= 4 is 17.8 Å². The van der Waals surface area contributed by atoms with Gasteiger partial charge in [-0.05, 0) is 46.3 Å². The lowest BCUT2D eigenvalue weighted by Crippen LogP contribution is -2.48. The molecule has 2 aliphatic heterocycles. The molecule has 0 aromatic heterocycles. The van der Waals surface area contributed by atoms with Crippen molar-refractivity contribution in [1.29, 1.82) is 0 Å². The number of nitrogens with one attached hydrogen (secondary N) is 1. The molecular weight excluding hydrogens is 270 g/mol. The molecule has 4 nitrogen and oxygen atoms in total. The number of fused-ring (bicyclic) bond motifs is 2. The van der Waals surface area contributed by atoms with Crippen LogP contribution in [0.4, 0.5) is 4.79 Å². The molecule has 5 heteroatoms. The third-order valence-corrected chi connectivity index (χ3v) is 5.34. The largest absolute Gasteiger partial charge is 0.335 e. The molecule has 3 atom stereocenters. The van der Waals surface area contributed by atoms with Gasteiger partial charge < -0.3 is 10.2 Å². The summed E-state index contributed by atoms with van der Waals surface area (Å²) in [6, 6.07) is 2.21. The van der Waals surface area contributed by atoms with Gasteiger partial charge in [0.25, 0.3) is 0 Å². The Morgan fingerprint density at radius 2 is 1.95 bits per heavy atom. The number of carbonyl (C=O) groups is 1. The van der Waals surface area contributed by atoms with Crippen LogP contribution in [0.1, 0.15) is 40.0 Å². The fourth-order valence-corrected chi connectivity index (χ4v) is 4.32. The zero-order valence-electron chi connectivity index (χ0n) is 13.3. The molecule has 0 radical (unpaired) electrons. The minimum atomic E-state index is 0.128. The van der Waals surface area contributed by atoms with Crippen LogP contribution in [0.25, 0.3) is 0 Å². The van der Waals surface area contributed by atoms with Crippen LogP contribution in [-0.4, -0.2) is 65.1 Å². The van der Waals surface area contributed by atoms with Gasteiger partial charge in [-0.25, -0.2) is 4.79 Å². The Labute approximate surface area is 127 Å². The number of nitrogens with zero attached hydrogens (tertiary/aromatic N) is 2. The lowest BCUT2D eigenvalue weighted by atomic mass is 10.1. The lowest BCUT2D eigenvalue weighted by molar-refractivity contribution is 0.146. The second kappa shape index (κ2) is 7.03. The molecule has 2 saturated heterocycles. The maximum absolute atomic E-state index is 12.4. The zero-order chi connectivity index (χ0) is 14.7. The Kier molecular flexibility index (Phi) is 5.61. The molecule has 1 N–H and O–H groups in total. The highest BCUT2D eigenvalue weighted by molar-refractivity contribution is 7.98. The van der Waals surface area contributed by atoms with Gasteiger partial charge >= 0.3 is 6.03 Å². The number of urea groups is 1. The molecular formula is C15H29N3OS. The van der Waals surface area contributed by atoms with E-state index in [2.05, 4.69) is 37.2 Å². The van der Waals surface area contributed by atoms with Gasteiger partial charge in [0, 0.05) is 43.0 Å². The third-order valence-electron chi connectivity index (χ3n) is 4.51. The van der Waals surface area contributed by atoms with Crippen molar-refractivity contribution in [2.45, 2.75) is 64.2 Å². The topological polar surface area (TPSA) is 35.6 Å². The van der Waals surface area contributed by atoms with E-state index in [0.29, 0.717) is 18.1 Å². The molecule has 20 heavy (non-hydrogen) atoms. The summed E-state index contributed by atoms with van der Waals surface area (Å²) in [6.45, 7) is 8.44. The number of rotatable bonds is 4. The predicted octanol–water partition coefficient (Wildman–Crippen LogP) is 2.39. The van der Waals surface area contributed by atoms with Crippen LogP contribution in [0.15, 0.2) is 0 Å². The number of carbonyl (C=O) groups excluding carboxylic acids is 1. The Balaban J connectivity index is 1.93. The van der Waals surface area contributed by atoms with Crippen molar-refractivity contribution < 1.29 is 4.79 Å². The molecule has 2 rings (SSSR count). The smallest absolute Gasteiger partial charge is 0.317 e. The highest BCUT2D eigenvalue weighted by Gasteiger charge is 2.39. The molecule has 2 heterocycles. The fourth-order valence-electron chi connectivity index (χ4n) is 3.73. The van der Waals surface area contributed by atoms with Crippen LogP contribution in [0.5, 0.6) is 0 Å². The summed E-state index contributed by atoms with van der Waals surface area (Å²) in [7, 11) is 0. The van der Waals surface area contributed by atoms with Crippen molar-refractivity contribution in [3.8, 4) is 0 Å². The summed E-state index contributed by atoms with van der Waals surface area (Å²) in [5.41, 5.74) is 0. The van der Waals surface area contributed by atoms with Crippen LogP contribution in [0.3, 0.4) is 0 Å². The molecule has 0 aromatic carbocycles. The number of hydrogen-bond donors (Lipinski definition) is 1. The van der Waals surface area contributed by atoms with Crippen LogP contribution in [0, 0.1) is 0 Å². The molecule has 0 aliphatic carbocycles. The van der Waals surface area contributed by atoms with E-state index < -0.39 is 0 Å². The first-order valence-electron chi connectivity index (χ1n) is 7.84. The molecule has 2 amide bonds. The maximum Gasteiger partial charge on any atom is 0.317 e. The van der Waals surface area contributed by atoms with Crippen molar-refractivity contribution in [2.24, 2.45) is 0 Å². The van der Waals surface area contributed by atoms with Gasteiger partial charge in [-0.3, -0.25) is 4.90 Å². The van der Waals surface area contributed by atoms with Gasteiger partial charge in [0.05, 0.1) is 0 Å². The Bertz CT molecular complexity index is 337. The first-order chi connectivity index (χ1) is 9.52. The van der Waals surface area contributed by atoms with Crippen molar-refractivity contribution in [2.75, 3.05) is 25.1 Å². The normalized spacial score (nSPS) is 28.6. The standard InChI is InChI=1S/C15H29N3OS/c1-11(2)18-13-5-6-14(18)9-17(8-7-13)15(19)16-12(3)10-20-4/h11-14H,5-10H2,1-4H3,(H,16,19)/t12-,13+,14-/m0/s1. The van der Waals surface area contributed by atoms with E-state index in [1.54, 1.807) is 11.8 Å². The van der Waals surface area contributed by atoms with E-state index in [9.17, 15) is 4.79 Å². The molecule has 2 bridgehead atoms. The molecule has 2 fully saturated rings. The van der Waals surface area contributed by atoms with Gasteiger partial charge in [0.1, 0.15) is 0 Å². The van der Waals surface area contributed by atoms with Crippen LogP contribution in [0.2, 0.25) is 0 Å². The number of likely N-dealkylation sites (tertiary alicyclic amines) is 1. The van der Waals surface area contributed by atoms with Crippen molar-refractivity contribution in [3.05, 3.63) is 0 Å². The molecule has 116 valence electrons. The minimum absolute atomic E-state index is 0.128. The summed E-state index contributed by atoms with van der Waals surface area (Å²) < 4.78 is 0. The number of thioether (sulfide) groups is 1. The van der Waals surface area contributed by atoms with Gasteiger partial charge in [0.2, 0.25) is 0 Å². The van der Waals surface area contributed by atoms with Gasteiger partial charge in [0.15, 0.2) is 0 Å². The first kappa shape index (κ1) is 16.0. The van der Waals surface area contributed by atoms with Gasteiger partial charge in [-0.2, -0.15) is 11.8 Å². The first-order valence-corrected chi connectivity index (χ1v) is 9.24. The third kappa shape index (κ3) is 3.61. The second-order valence-corrected chi connectivity index (χ2v) is 7.38. The summed E-state index contributed by atoms with van der Waals surface area (Å²) in [4.78, 5) is 17.1.